The molecule has 0 aromatic rings. The van der Waals surface area contributed by atoms with E-state index < -0.39 is 14.2 Å². The fourth-order valence-electron chi connectivity index (χ4n) is 0.105. The predicted octanol–water partition coefficient (Wildman–Crippen LogP) is -3.43. The molecule has 0 saturated carbocycles. The van der Waals surface area contributed by atoms with Crippen molar-refractivity contribution in [3.8, 4) is 0 Å². The van der Waals surface area contributed by atoms with Gasteiger partial charge in [0.15, 0.2) is 0 Å². The van der Waals surface area contributed by atoms with Crippen molar-refractivity contribution < 1.29 is 48.3 Å². The third-order valence-corrected chi connectivity index (χ3v) is 0.609. The molecular weight excluding hydrogens is 142 g/mol. The number of carbonyl (C=O) groups excluding carboxylic acids is 1. The molecule has 0 spiro atoms. The first-order valence-electron chi connectivity index (χ1n) is 1.46. The molecule has 0 radical (unpaired) electrons. The van der Waals surface area contributed by atoms with E-state index in [0.29, 0.717) is 0 Å². The monoisotopic (exact) mass is 145 g/mol. The maximum absolute atomic E-state index is 9.65. The molecule has 0 heterocycles. The van der Waals surface area contributed by atoms with E-state index in [9.17, 15) is 14.3 Å². The minimum absolute atomic E-state index is 0. The molecule has 40 valence electrons. The second-order valence-corrected chi connectivity index (χ2v) is 1.44. The standard InChI is InChI=1S/C2H3O4P.Na/c1-2(3)6-7(4)5;/h1H3;/q;+1. The summed E-state index contributed by atoms with van der Waals surface area (Å²) in [5.74, 6) is -0.809. The maximum Gasteiger partial charge on any atom is 1.00 e. The maximum atomic E-state index is 9.65. The fourth-order valence-corrected chi connectivity index (χ4v) is 0.315. The summed E-state index contributed by atoms with van der Waals surface area (Å²) in [6, 6.07) is 0. The second kappa shape index (κ2) is 5.66. The van der Waals surface area contributed by atoms with Gasteiger partial charge in [-0.25, -0.2) is 9.32 Å². The largest absolute Gasteiger partial charge is 1.00 e. The molecule has 0 saturated heterocycles. The zero-order valence-electron chi connectivity index (χ0n) is 4.58. The van der Waals surface area contributed by atoms with Gasteiger partial charge in [0.05, 0.1) is 0 Å². The molecule has 0 aliphatic heterocycles. The van der Waals surface area contributed by atoms with Gasteiger partial charge in [0, 0.05) is 6.92 Å². The molecule has 0 fully saturated rings. The van der Waals surface area contributed by atoms with E-state index in [4.69, 9.17) is 0 Å². The predicted molar refractivity (Wildman–Crippen MR) is 19.4 cm³/mol. The molecule has 6 heteroatoms. The Balaban J connectivity index is 0. The molecular formula is C2H3NaO4P+. The molecule has 0 aromatic carbocycles. The average Bonchev–Trinajstić information content (AvgIpc) is 1.27. The van der Waals surface area contributed by atoms with Gasteiger partial charge in [0.2, 0.25) is 0 Å². The van der Waals surface area contributed by atoms with E-state index in [1.807, 2.05) is 0 Å². The molecule has 0 bridgehead atoms. The molecule has 0 rings (SSSR count). The summed E-state index contributed by atoms with van der Waals surface area (Å²) in [5.41, 5.74) is 0. The van der Waals surface area contributed by atoms with Gasteiger partial charge >= 0.3 is 43.8 Å². The molecule has 0 aliphatic rings. The van der Waals surface area contributed by atoms with E-state index in [1.54, 1.807) is 0 Å². The minimum Gasteiger partial charge on any atom is -0.558 e. The van der Waals surface area contributed by atoms with Crippen LogP contribution < -0.4 is 34.5 Å². The van der Waals surface area contributed by atoms with Crippen LogP contribution >= 0.6 is 8.25 Å². The zero-order chi connectivity index (χ0) is 5.86. The Bertz CT molecular complexity index is 90.2. The molecule has 1 atom stereocenters. The third kappa shape index (κ3) is 9.73. The first-order valence-corrected chi connectivity index (χ1v) is 2.55. The number of rotatable bonds is 1. The van der Waals surface area contributed by atoms with Gasteiger partial charge in [-0.05, 0) is 4.57 Å². The Hall–Kier alpha value is 0.530. The van der Waals surface area contributed by atoms with Crippen LogP contribution in [0.5, 0.6) is 0 Å². The van der Waals surface area contributed by atoms with Crippen LogP contribution in [0, 0.1) is 0 Å². The quantitative estimate of drug-likeness (QED) is 0.284. The zero-order valence-corrected chi connectivity index (χ0v) is 7.47. The summed E-state index contributed by atoms with van der Waals surface area (Å²) < 4.78 is 13.0. The second-order valence-electron chi connectivity index (χ2n) is 0.806. The van der Waals surface area contributed by atoms with Crippen molar-refractivity contribution >= 4 is 14.2 Å². The average molecular weight is 145 g/mol. The smallest absolute Gasteiger partial charge is 0.558 e. The molecule has 4 nitrogen and oxygen atoms in total. The van der Waals surface area contributed by atoms with Crippen molar-refractivity contribution in [1.82, 2.24) is 0 Å². The van der Waals surface area contributed by atoms with E-state index >= 15 is 0 Å². The summed E-state index contributed by atoms with van der Waals surface area (Å²) >= 11 is 0. The van der Waals surface area contributed by atoms with Gasteiger partial charge in [0.25, 0.3) is 0 Å². The van der Waals surface area contributed by atoms with Crippen molar-refractivity contribution in [3.05, 3.63) is 0 Å². The first-order chi connectivity index (χ1) is 3.13. The van der Waals surface area contributed by atoms with Gasteiger partial charge in [-0.2, -0.15) is 0 Å². The van der Waals surface area contributed by atoms with Gasteiger partial charge in [-0.1, -0.05) is 0 Å². The van der Waals surface area contributed by atoms with E-state index in [0.717, 1.165) is 6.92 Å². The SMILES string of the molecule is CC(=O)O[P+](=O)[O-].[Na+]. The van der Waals surface area contributed by atoms with Crippen LogP contribution in [0.3, 0.4) is 0 Å². The van der Waals surface area contributed by atoms with Gasteiger partial charge in [-0.3, -0.25) is 0 Å². The molecule has 0 amide bonds. The van der Waals surface area contributed by atoms with Gasteiger partial charge < -0.3 is 4.89 Å². The van der Waals surface area contributed by atoms with Crippen LogP contribution in [0.1, 0.15) is 6.92 Å². The van der Waals surface area contributed by atoms with Crippen LogP contribution in [-0.4, -0.2) is 5.97 Å². The topological polar surface area (TPSA) is 66.4 Å². The van der Waals surface area contributed by atoms with Crippen LogP contribution in [0.25, 0.3) is 0 Å². The molecule has 8 heavy (non-hydrogen) atoms. The van der Waals surface area contributed by atoms with Crippen molar-refractivity contribution in [3.63, 3.8) is 0 Å². The van der Waals surface area contributed by atoms with Crippen molar-refractivity contribution in [2.75, 3.05) is 0 Å². The molecule has 1 unspecified atom stereocenters. The Morgan fingerprint density at radius 1 is 1.75 bits per heavy atom. The van der Waals surface area contributed by atoms with Crippen molar-refractivity contribution in [2.45, 2.75) is 6.92 Å². The Morgan fingerprint density at radius 3 is 2.12 bits per heavy atom. The van der Waals surface area contributed by atoms with Gasteiger partial charge in [0.1, 0.15) is 0 Å². The summed E-state index contributed by atoms with van der Waals surface area (Å²) in [6.45, 7) is 1.02. The van der Waals surface area contributed by atoms with Crippen molar-refractivity contribution in [2.24, 2.45) is 0 Å². The minimum atomic E-state index is -2.99. The van der Waals surface area contributed by atoms with Crippen LogP contribution in [0.4, 0.5) is 0 Å². The van der Waals surface area contributed by atoms with E-state index in [1.165, 1.54) is 0 Å². The Morgan fingerprint density at radius 2 is 2.12 bits per heavy atom. The first kappa shape index (κ1) is 11.3. The van der Waals surface area contributed by atoms with Crippen LogP contribution in [0.15, 0.2) is 0 Å². The molecule has 0 aliphatic carbocycles. The number of hydrogen-bond donors (Lipinski definition) is 0. The van der Waals surface area contributed by atoms with Gasteiger partial charge in [-0.15, -0.1) is 0 Å². The van der Waals surface area contributed by atoms with Crippen molar-refractivity contribution in [1.29, 1.82) is 0 Å². The van der Waals surface area contributed by atoms with E-state index in [-0.39, 0.29) is 29.6 Å². The summed E-state index contributed by atoms with van der Waals surface area (Å²) in [7, 11) is -2.99. The van der Waals surface area contributed by atoms with Crippen LogP contribution in [-0.2, 0) is 13.9 Å². The summed E-state index contributed by atoms with van der Waals surface area (Å²) in [5, 5.41) is 0. The normalized spacial score (nSPS) is 9.00. The summed E-state index contributed by atoms with van der Waals surface area (Å²) in [4.78, 5) is 19.1. The fraction of sp³-hybridized carbons (Fsp3) is 0.500. The molecule has 0 aromatic heterocycles. The third-order valence-electron chi connectivity index (χ3n) is 0.203. The number of carbonyl (C=O) groups is 1. The molecule has 0 N–H and O–H groups in total. The summed E-state index contributed by atoms with van der Waals surface area (Å²) in [6.07, 6.45) is 0. The van der Waals surface area contributed by atoms with Crippen LogP contribution in [0.2, 0.25) is 0 Å². The number of hydrogen-bond acceptors (Lipinski definition) is 4. The Labute approximate surface area is 69.5 Å². The Kier molecular flexibility index (Phi) is 8.03. The van der Waals surface area contributed by atoms with E-state index in [2.05, 4.69) is 4.52 Å².